The zero-order valence-electron chi connectivity index (χ0n) is 9.04. The number of aromatic nitrogens is 2. The number of nitrogens with zero attached hydrogens (tertiary/aromatic N) is 3. The van der Waals surface area contributed by atoms with Crippen LogP contribution < -0.4 is 0 Å². The van der Waals surface area contributed by atoms with E-state index in [0.717, 1.165) is 19.3 Å². The van der Waals surface area contributed by atoms with Crippen LogP contribution in [0.4, 0.5) is 13.2 Å². The fraction of sp³-hybridized carbons (Fsp3) is 0.700. The van der Waals surface area contributed by atoms with E-state index >= 15 is 0 Å². The van der Waals surface area contributed by atoms with Gasteiger partial charge < -0.3 is 4.90 Å². The molecule has 0 spiro atoms. The molecular formula is C10H14F3N3. The van der Waals surface area contributed by atoms with Gasteiger partial charge in [-0.05, 0) is 33.0 Å². The summed E-state index contributed by atoms with van der Waals surface area (Å²) in [7, 11) is 1.97. The van der Waals surface area contributed by atoms with Gasteiger partial charge in [0.15, 0.2) is 5.82 Å². The Hall–Kier alpha value is -1.04. The molecule has 90 valence electrons. The van der Waals surface area contributed by atoms with Crippen molar-refractivity contribution < 1.29 is 13.2 Å². The number of likely N-dealkylation sites (tertiary alicyclic amines) is 1. The Kier molecular flexibility index (Phi) is 3.18. The SMILES string of the molecule is CN1CCC(c2c(F)cnn2C(F)F)CC1. The molecule has 16 heavy (non-hydrogen) atoms. The van der Waals surface area contributed by atoms with E-state index in [1.165, 1.54) is 0 Å². The average Bonchev–Trinajstić information content (AvgIpc) is 2.62. The van der Waals surface area contributed by atoms with Gasteiger partial charge >= 0.3 is 6.55 Å². The van der Waals surface area contributed by atoms with Gasteiger partial charge in [0.05, 0.1) is 11.9 Å². The summed E-state index contributed by atoms with van der Waals surface area (Å²) in [6.07, 6.45) is 2.28. The highest BCUT2D eigenvalue weighted by Gasteiger charge is 2.27. The Morgan fingerprint density at radius 1 is 1.38 bits per heavy atom. The maximum absolute atomic E-state index is 13.4. The van der Waals surface area contributed by atoms with Crippen molar-refractivity contribution in [1.82, 2.24) is 14.7 Å². The minimum Gasteiger partial charge on any atom is -0.306 e. The molecule has 0 bridgehead atoms. The molecule has 3 nitrogen and oxygen atoms in total. The van der Waals surface area contributed by atoms with E-state index in [-0.39, 0.29) is 11.6 Å². The molecule has 1 aromatic heterocycles. The summed E-state index contributed by atoms with van der Waals surface area (Å²) >= 11 is 0. The van der Waals surface area contributed by atoms with Gasteiger partial charge in [-0.2, -0.15) is 13.9 Å². The first kappa shape index (κ1) is 11.4. The lowest BCUT2D eigenvalue weighted by molar-refractivity contribution is 0.0501. The number of halogens is 3. The molecule has 2 rings (SSSR count). The first-order valence-electron chi connectivity index (χ1n) is 5.29. The second-order valence-corrected chi connectivity index (χ2v) is 4.18. The van der Waals surface area contributed by atoms with Crippen molar-refractivity contribution in [3.8, 4) is 0 Å². The summed E-state index contributed by atoms with van der Waals surface area (Å²) in [4.78, 5) is 2.11. The van der Waals surface area contributed by atoms with E-state index < -0.39 is 12.4 Å². The summed E-state index contributed by atoms with van der Waals surface area (Å²) in [5.74, 6) is -0.762. The second-order valence-electron chi connectivity index (χ2n) is 4.18. The fourth-order valence-electron chi connectivity index (χ4n) is 2.17. The molecule has 0 aromatic carbocycles. The molecule has 0 atom stereocenters. The van der Waals surface area contributed by atoms with Crippen molar-refractivity contribution in [2.45, 2.75) is 25.3 Å². The molecule has 1 aromatic rings. The van der Waals surface area contributed by atoms with Crippen LogP contribution in [0.3, 0.4) is 0 Å². The summed E-state index contributed by atoms with van der Waals surface area (Å²) in [6, 6.07) is 0. The molecule has 1 aliphatic rings. The van der Waals surface area contributed by atoms with Crippen molar-refractivity contribution in [3.05, 3.63) is 17.7 Å². The average molecular weight is 233 g/mol. The van der Waals surface area contributed by atoms with Gasteiger partial charge in [-0.3, -0.25) is 0 Å². The standard InChI is InChI=1S/C10H14F3N3/c1-15-4-2-7(3-5-15)9-8(11)6-14-16(9)10(12)13/h6-7,10H,2-5H2,1H3. The molecule has 0 aliphatic carbocycles. The molecular weight excluding hydrogens is 219 g/mol. The number of piperidine rings is 1. The number of hydrogen-bond donors (Lipinski definition) is 0. The van der Waals surface area contributed by atoms with Crippen LogP contribution in [0.15, 0.2) is 6.20 Å². The van der Waals surface area contributed by atoms with Crippen LogP contribution in [-0.4, -0.2) is 34.8 Å². The molecule has 0 N–H and O–H groups in total. The number of alkyl halides is 2. The van der Waals surface area contributed by atoms with E-state index in [0.29, 0.717) is 17.5 Å². The number of hydrogen-bond acceptors (Lipinski definition) is 2. The molecule has 0 unspecified atom stereocenters. The zero-order valence-corrected chi connectivity index (χ0v) is 9.04. The topological polar surface area (TPSA) is 21.1 Å². The summed E-state index contributed by atoms with van der Waals surface area (Å²) in [6.45, 7) is -1.16. The van der Waals surface area contributed by atoms with Crippen molar-refractivity contribution >= 4 is 0 Å². The van der Waals surface area contributed by atoms with Gasteiger partial charge in [0.2, 0.25) is 0 Å². The van der Waals surface area contributed by atoms with E-state index in [1.807, 2.05) is 7.05 Å². The van der Waals surface area contributed by atoms with Crippen LogP contribution in [0, 0.1) is 5.82 Å². The van der Waals surface area contributed by atoms with E-state index in [2.05, 4.69) is 10.00 Å². The van der Waals surface area contributed by atoms with Gasteiger partial charge in [-0.15, -0.1) is 0 Å². The lowest BCUT2D eigenvalue weighted by Gasteiger charge is -2.29. The lowest BCUT2D eigenvalue weighted by Crippen LogP contribution is -2.30. The second kappa shape index (κ2) is 4.45. The summed E-state index contributed by atoms with van der Waals surface area (Å²) in [5, 5.41) is 3.39. The minimum absolute atomic E-state index is 0.0584. The van der Waals surface area contributed by atoms with Crippen molar-refractivity contribution in [1.29, 1.82) is 0 Å². The van der Waals surface area contributed by atoms with Crippen LogP contribution in [0.2, 0.25) is 0 Å². The quantitative estimate of drug-likeness (QED) is 0.781. The van der Waals surface area contributed by atoms with Crippen LogP contribution in [-0.2, 0) is 0 Å². The molecule has 1 fully saturated rings. The van der Waals surface area contributed by atoms with E-state index in [4.69, 9.17) is 0 Å². The fourth-order valence-corrected chi connectivity index (χ4v) is 2.17. The van der Waals surface area contributed by atoms with Gasteiger partial charge in [0, 0.05) is 5.92 Å². The minimum atomic E-state index is -2.76. The van der Waals surface area contributed by atoms with Gasteiger partial charge in [0.25, 0.3) is 0 Å². The lowest BCUT2D eigenvalue weighted by atomic mass is 9.93. The van der Waals surface area contributed by atoms with Crippen LogP contribution in [0.5, 0.6) is 0 Å². The molecule has 0 amide bonds. The van der Waals surface area contributed by atoms with E-state index in [1.54, 1.807) is 0 Å². The first-order valence-corrected chi connectivity index (χ1v) is 5.29. The Morgan fingerprint density at radius 3 is 2.56 bits per heavy atom. The Balaban J connectivity index is 2.22. The van der Waals surface area contributed by atoms with Crippen molar-refractivity contribution in [2.75, 3.05) is 20.1 Å². The zero-order chi connectivity index (χ0) is 11.7. The first-order chi connectivity index (χ1) is 7.59. The molecule has 0 radical (unpaired) electrons. The summed E-state index contributed by atoms with van der Waals surface area (Å²) < 4.78 is 39.1. The van der Waals surface area contributed by atoms with Crippen molar-refractivity contribution in [2.24, 2.45) is 0 Å². The third-order valence-corrected chi connectivity index (χ3v) is 3.08. The highest BCUT2D eigenvalue weighted by Crippen LogP contribution is 2.31. The highest BCUT2D eigenvalue weighted by atomic mass is 19.3. The van der Waals surface area contributed by atoms with Crippen LogP contribution >= 0.6 is 0 Å². The molecule has 2 heterocycles. The molecule has 1 saturated heterocycles. The highest BCUT2D eigenvalue weighted by molar-refractivity contribution is 5.12. The summed E-state index contributed by atoms with van der Waals surface area (Å²) in [5.41, 5.74) is 0.0584. The Labute approximate surface area is 91.8 Å². The van der Waals surface area contributed by atoms with Crippen LogP contribution in [0.1, 0.15) is 31.0 Å². The van der Waals surface area contributed by atoms with Gasteiger partial charge in [0.1, 0.15) is 0 Å². The predicted molar refractivity (Wildman–Crippen MR) is 52.9 cm³/mol. The molecule has 1 aliphatic heterocycles. The van der Waals surface area contributed by atoms with Gasteiger partial charge in [-0.25, -0.2) is 9.07 Å². The van der Waals surface area contributed by atoms with Gasteiger partial charge in [-0.1, -0.05) is 0 Å². The van der Waals surface area contributed by atoms with Crippen molar-refractivity contribution in [3.63, 3.8) is 0 Å². The Morgan fingerprint density at radius 2 is 2.00 bits per heavy atom. The molecule has 0 saturated carbocycles. The number of rotatable bonds is 2. The third-order valence-electron chi connectivity index (χ3n) is 3.08. The van der Waals surface area contributed by atoms with E-state index in [9.17, 15) is 13.2 Å². The maximum atomic E-state index is 13.4. The Bertz CT molecular complexity index is 356. The third kappa shape index (κ3) is 2.07. The largest absolute Gasteiger partial charge is 0.333 e. The molecule has 6 heteroatoms. The smallest absolute Gasteiger partial charge is 0.306 e. The maximum Gasteiger partial charge on any atom is 0.333 e. The van der Waals surface area contributed by atoms with Crippen LogP contribution in [0.25, 0.3) is 0 Å². The monoisotopic (exact) mass is 233 g/mol. The normalized spacial score (nSPS) is 19.6. The predicted octanol–water partition coefficient (Wildman–Crippen LogP) is 2.23.